The number of rotatable bonds is 0. The monoisotopic (exact) mass is 112 g/mol. The van der Waals surface area contributed by atoms with Crippen LogP contribution in [0.1, 0.15) is 12.8 Å². The molecule has 0 bridgehead atoms. The lowest BCUT2D eigenvalue weighted by Crippen LogP contribution is -2.02. The molecule has 1 aliphatic rings. The standard InChI is InChI=1S/C6H8O2/c7-6-3-1-2-4-8-5-6/h2,4H,1,3,5H2. The second kappa shape index (κ2) is 2.50. The maximum atomic E-state index is 10.5. The van der Waals surface area contributed by atoms with Gasteiger partial charge in [-0.05, 0) is 12.5 Å². The zero-order valence-corrected chi connectivity index (χ0v) is 4.59. The Labute approximate surface area is 48.1 Å². The Bertz CT molecular complexity index is 104. The largest absolute Gasteiger partial charge is 0.494 e. The first-order chi connectivity index (χ1) is 3.89. The highest BCUT2D eigenvalue weighted by Crippen LogP contribution is 1.98. The lowest BCUT2D eigenvalue weighted by Gasteiger charge is -1.91. The van der Waals surface area contributed by atoms with Gasteiger partial charge in [0.1, 0.15) is 6.61 Å². The van der Waals surface area contributed by atoms with Crippen LogP contribution in [0.25, 0.3) is 0 Å². The number of hydrogen-bond donors (Lipinski definition) is 0. The third-order valence-electron chi connectivity index (χ3n) is 1.03. The first-order valence-electron chi connectivity index (χ1n) is 2.68. The van der Waals surface area contributed by atoms with Crippen LogP contribution in [0.15, 0.2) is 12.3 Å². The summed E-state index contributed by atoms with van der Waals surface area (Å²) in [5.41, 5.74) is 0. The maximum Gasteiger partial charge on any atom is 0.170 e. The molecular formula is C6H8O2. The molecule has 0 aromatic heterocycles. The fourth-order valence-electron chi connectivity index (χ4n) is 0.594. The molecule has 2 nitrogen and oxygen atoms in total. The average Bonchev–Trinajstić information content (AvgIpc) is 1.94. The Morgan fingerprint density at radius 2 is 2.50 bits per heavy atom. The van der Waals surface area contributed by atoms with E-state index in [0.717, 1.165) is 6.42 Å². The molecule has 0 aliphatic carbocycles. The van der Waals surface area contributed by atoms with Crippen molar-refractivity contribution in [3.63, 3.8) is 0 Å². The predicted molar refractivity (Wildman–Crippen MR) is 29.3 cm³/mol. The summed E-state index contributed by atoms with van der Waals surface area (Å²) in [6, 6.07) is 0. The molecule has 0 atom stereocenters. The Morgan fingerprint density at radius 1 is 1.62 bits per heavy atom. The van der Waals surface area contributed by atoms with Gasteiger partial charge in [-0.25, -0.2) is 0 Å². The van der Waals surface area contributed by atoms with E-state index in [-0.39, 0.29) is 12.4 Å². The molecular weight excluding hydrogens is 104 g/mol. The van der Waals surface area contributed by atoms with E-state index in [4.69, 9.17) is 4.74 Å². The number of carbonyl (C=O) groups is 1. The average molecular weight is 112 g/mol. The Morgan fingerprint density at radius 3 is 3.38 bits per heavy atom. The molecule has 0 N–H and O–H groups in total. The molecule has 44 valence electrons. The lowest BCUT2D eigenvalue weighted by molar-refractivity contribution is -0.121. The number of allylic oxidation sites excluding steroid dienone is 1. The summed E-state index contributed by atoms with van der Waals surface area (Å²) >= 11 is 0. The molecule has 0 spiro atoms. The second-order valence-electron chi connectivity index (χ2n) is 1.76. The van der Waals surface area contributed by atoms with E-state index >= 15 is 0 Å². The first kappa shape index (κ1) is 5.35. The summed E-state index contributed by atoms with van der Waals surface area (Å²) in [4.78, 5) is 10.5. The SMILES string of the molecule is O=C1CCC=COC1. The summed E-state index contributed by atoms with van der Waals surface area (Å²) in [5.74, 6) is 0.190. The van der Waals surface area contributed by atoms with Crippen molar-refractivity contribution in [2.45, 2.75) is 12.8 Å². The van der Waals surface area contributed by atoms with Gasteiger partial charge in [-0.3, -0.25) is 4.79 Å². The molecule has 0 amide bonds. The van der Waals surface area contributed by atoms with Gasteiger partial charge in [0.2, 0.25) is 0 Å². The lowest BCUT2D eigenvalue weighted by atomic mass is 10.2. The number of Topliss-reactive ketones (excluding diaryl/α,β-unsaturated/α-hetero) is 1. The number of ether oxygens (including phenoxy) is 1. The van der Waals surface area contributed by atoms with E-state index in [1.807, 2.05) is 6.08 Å². The van der Waals surface area contributed by atoms with Crippen LogP contribution < -0.4 is 0 Å². The highest BCUT2D eigenvalue weighted by atomic mass is 16.5. The van der Waals surface area contributed by atoms with Crippen LogP contribution >= 0.6 is 0 Å². The van der Waals surface area contributed by atoms with E-state index in [9.17, 15) is 4.79 Å². The minimum absolute atomic E-state index is 0.190. The maximum absolute atomic E-state index is 10.5. The van der Waals surface area contributed by atoms with Crippen molar-refractivity contribution >= 4 is 5.78 Å². The van der Waals surface area contributed by atoms with Gasteiger partial charge in [-0.15, -0.1) is 0 Å². The van der Waals surface area contributed by atoms with Gasteiger partial charge in [0.05, 0.1) is 6.26 Å². The van der Waals surface area contributed by atoms with Gasteiger partial charge in [0.25, 0.3) is 0 Å². The van der Waals surface area contributed by atoms with Crippen LogP contribution in [0.5, 0.6) is 0 Å². The van der Waals surface area contributed by atoms with Crippen LogP contribution in [0.4, 0.5) is 0 Å². The van der Waals surface area contributed by atoms with Crippen molar-refractivity contribution in [1.29, 1.82) is 0 Å². The summed E-state index contributed by atoms with van der Waals surface area (Å²) in [6.07, 6.45) is 4.92. The first-order valence-corrected chi connectivity index (χ1v) is 2.68. The zero-order valence-electron chi connectivity index (χ0n) is 4.59. The smallest absolute Gasteiger partial charge is 0.170 e. The van der Waals surface area contributed by atoms with Crippen molar-refractivity contribution in [2.75, 3.05) is 6.61 Å². The van der Waals surface area contributed by atoms with E-state index in [1.165, 1.54) is 0 Å². The minimum Gasteiger partial charge on any atom is -0.494 e. The van der Waals surface area contributed by atoms with Crippen LogP contribution in [0.2, 0.25) is 0 Å². The van der Waals surface area contributed by atoms with E-state index < -0.39 is 0 Å². The molecule has 0 radical (unpaired) electrons. The number of carbonyl (C=O) groups excluding carboxylic acids is 1. The van der Waals surface area contributed by atoms with Gasteiger partial charge in [0, 0.05) is 6.42 Å². The number of hydrogen-bond acceptors (Lipinski definition) is 2. The summed E-state index contributed by atoms with van der Waals surface area (Å²) in [5, 5.41) is 0. The van der Waals surface area contributed by atoms with Crippen molar-refractivity contribution < 1.29 is 9.53 Å². The predicted octanol–water partition coefficient (Wildman–Crippen LogP) is 0.880. The topological polar surface area (TPSA) is 26.3 Å². The molecule has 2 heteroatoms. The van der Waals surface area contributed by atoms with Gasteiger partial charge in [-0.1, -0.05) is 0 Å². The van der Waals surface area contributed by atoms with Gasteiger partial charge in [-0.2, -0.15) is 0 Å². The van der Waals surface area contributed by atoms with Crippen LogP contribution in [-0.2, 0) is 9.53 Å². The molecule has 0 aromatic rings. The van der Waals surface area contributed by atoms with Crippen LogP contribution in [-0.4, -0.2) is 12.4 Å². The summed E-state index contributed by atoms with van der Waals surface area (Å²) < 4.78 is 4.78. The van der Waals surface area contributed by atoms with E-state index in [1.54, 1.807) is 6.26 Å². The fraction of sp³-hybridized carbons (Fsp3) is 0.500. The van der Waals surface area contributed by atoms with Crippen molar-refractivity contribution in [3.05, 3.63) is 12.3 Å². The Kier molecular flexibility index (Phi) is 1.67. The second-order valence-corrected chi connectivity index (χ2v) is 1.76. The quantitative estimate of drug-likeness (QED) is 0.465. The minimum atomic E-state index is 0.190. The van der Waals surface area contributed by atoms with Crippen LogP contribution in [0, 0.1) is 0 Å². The molecule has 0 saturated carbocycles. The van der Waals surface area contributed by atoms with E-state index in [0.29, 0.717) is 6.42 Å². The molecule has 1 aliphatic heterocycles. The summed E-state index contributed by atoms with van der Waals surface area (Å²) in [7, 11) is 0. The Hall–Kier alpha value is -0.790. The normalized spacial score (nSPS) is 19.8. The third kappa shape index (κ3) is 1.37. The number of ketones is 1. The van der Waals surface area contributed by atoms with Gasteiger partial charge < -0.3 is 4.74 Å². The van der Waals surface area contributed by atoms with Crippen molar-refractivity contribution in [3.8, 4) is 0 Å². The van der Waals surface area contributed by atoms with Crippen molar-refractivity contribution in [1.82, 2.24) is 0 Å². The highest BCUT2D eigenvalue weighted by molar-refractivity contribution is 5.80. The molecule has 0 fully saturated rings. The molecule has 1 rings (SSSR count). The van der Waals surface area contributed by atoms with Gasteiger partial charge >= 0.3 is 0 Å². The summed E-state index contributed by atoms with van der Waals surface area (Å²) in [6.45, 7) is 0.260. The molecule has 0 unspecified atom stereocenters. The highest BCUT2D eigenvalue weighted by Gasteiger charge is 2.01. The molecule has 1 heterocycles. The molecule has 8 heavy (non-hydrogen) atoms. The van der Waals surface area contributed by atoms with Crippen molar-refractivity contribution in [2.24, 2.45) is 0 Å². The third-order valence-corrected chi connectivity index (χ3v) is 1.03. The van der Waals surface area contributed by atoms with Crippen LogP contribution in [0.3, 0.4) is 0 Å². The van der Waals surface area contributed by atoms with E-state index in [2.05, 4.69) is 0 Å². The Balaban J connectivity index is 2.39. The fourth-order valence-corrected chi connectivity index (χ4v) is 0.594. The molecule has 0 saturated heterocycles. The molecule has 0 aromatic carbocycles. The van der Waals surface area contributed by atoms with Gasteiger partial charge in [0.15, 0.2) is 5.78 Å². The zero-order chi connectivity index (χ0) is 5.82.